The maximum Gasteiger partial charge on any atom is 0.0649 e. The van der Waals surface area contributed by atoms with E-state index in [2.05, 4.69) is 6.04 Å². The standard InChI is InChI=1S/C6H9NO/c1-2-7-3-5-8-6-4-7/h1H,3-6H2. The van der Waals surface area contributed by atoms with Crippen molar-refractivity contribution in [2.24, 2.45) is 0 Å². The van der Waals surface area contributed by atoms with E-state index in [9.17, 15) is 0 Å². The van der Waals surface area contributed by atoms with Crippen LogP contribution in [0.4, 0.5) is 0 Å². The molecule has 0 bridgehead atoms. The molecule has 8 heavy (non-hydrogen) atoms. The molecule has 1 fully saturated rings. The van der Waals surface area contributed by atoms with Crippen molar-refractivity contribution in [3.63, 3.8) is 0 Å². The van der Waals surface area contributed by atoms with E-state index in [1.54, 1.807) is 0 Å². The lowest BCUT2D eigenvalue weighted by Gasteiger charge is -2.21. The van der Waals surface area contributed by atoms with Gasteiger partial charge in [-0.05, 0) is 0 Å². The first kappa shape index (κ1) is 5.46. The van der Waals surface area contributed by atoms with Gasteiger partial charge < -0.3 is 9.64 Å². The molecule has 44 valence electrons. The summed E-state index contributed by atoms with van der Waals surface area (Å²) < 4.78 is 5.06. The molecule has 0 saturated carbocycles. The van der Waals surface area contributed by atoms with Crippen molar-refractivity contribution in [1.82, 2.24) is 4.90 Å². The molecule has 1 aliphatic heterocycles. The predicted octanol–water partition coefficient (Wildman–Crippen LogP) is -0.0907. The molecule has 0 N–H and O–H groups in total. The molecule has 1 rings (SSSR count). The quantitative estimate of drug-likeness (QED) is 0.405. The van der Waals surface area contributed by atoms with Gasteiger partial charge in [0.15, 0.2) is 0 Å². The first-order valence-corrected chi connectivity index (χ1v) is 2.72. The Balaban J connectivity index is 2.25. The molecule has 0 unspecified atom stereocenters. The molecule has 0 radical (unpaired) electrons. The average molecular weight is 111 g/mol. The van der Waals surface area contributed by atoms with Crippen molar-refractivity contribution in [3.8, 4) is 12.5 Å². The van der Waals surface area contributed by atoms with Crippen molar-refractivity contribution < 1.29 is 4.74 Å². The highest BCUT2D eigenvalue weighted by Crippen LogP contribution is 1.92. The average Bonchev–Trinajstić information content (AvgIpc) is 1.90. The molecule has 1 aliphatic rings. The summed E-state index contributed by atoms with van der Waals surface area (Å²) in [5, 5.41) is 0. The van der Waals surface area contributed by atoms with Crippen molar-refractivity contribution in [3.05, 3.63) is 0 Å². The summed E-state index contributed by atoms with van der Waals surface area (Å²) in [7, 11) is 0. The van der Waals surface area contributed by atoms with Crippen LogP contribution in [0, 0.1) is 12.5 Å². The molecule has 0 aromatic heterocycles. The second-order valence-electron chi connectivity index (χ2n) is 1.73. The van der Waals surface area contributed by atoms with Gasteiger partial charge in [-0.3, -0.25) is 0 Å². The van der Waals surface area contributed by atoms with Crippen LogP contribution < -0.4 is 0 Å². The molecule has 0 aliphatic carbocycles. The van der Waals surface area contributed by atoms with Gasteiger partial charge in [0.2, 0.25) is 0 Å². The van der Waals surface area contributed by atoms with Crippen LogP contribution in [0.25, 0.3) is 0 Å². The van der Waals surface area contributed by atoms with Gasteiger partial charge in [0.25, 0.3) is 0 Å². The minimum Gasteiger partial charge on any atom is -0.378 e. The van der Waals surface area contributed by atoms with Gasteiger partial charge in [-0.1, -0.05) is 6.42 Å². The van der Waals surface area contributed by atoms with Gasteiger partial charge in [0.05, 0.1) is 13.2 Å². The van der Waals surface area contributed by atoms with E-state index in [4.69, 9.17) is 11.2 Å². The Morgan fingerprint density at radius 1 is 1.38 bits per heavy atom. The van der Waals surface area contributed by atoms with Crippen LogP contribution >= 0.6 is 0 Å². The van der Waals surface area contributed by atoms with Crippen molar-refractivity contribution >= 4 is 0 Å². The Morgan fingerprint density at radius 3 is 2.38 bits per heavy atom. The smallest absolute Gasteiger partial charge is 0.0649 e. The summed E-state index contributed by atoms with van der Waals surface area (Å²) >= 11 is 0. The van der Waals surface area contributed by atoms with Crippen molar-refractivity contribution in [2.45, 2.75) is 0 Å². The zero-order chi connectivity index (χ0) is 5.82. The maximum absolute atomic E-state index is 5.12. The third-order valence-electron chi connectivity index (χ3n) is 1.19. The third kappa shape index (κ3) is 1.14. The van der Waals surface area contributed by atoms with Crippen LogP contribution in [0.5, 0.6) is 0 Å². The second kappa shape index (κ2) is 2.58. The molecule has 0 aromatic rings. The fourth-order valence-electron chi connectivity index (χ4n) is 0.692. The van der Waals surface area contributed by atoms with E-state index < -0.39 is 0 Å². The van der Waals surface area contributed by atoms with E-state index in [-0.39, 0.29) is 0 Å². The summed E-state index contributed by atoms with van der Waals surface area (Å²) in [6.07, 6.45) is 5.12. The predicted molar refractivity (Wildman–Crippen MR) is 31.2 cm³/mol. The summed E-state index contributed by atoms with van der Waals surface area (Å²) in [4.78, 5) is 1.92. The molecule has 2 nitrogen and oxygen atoms in total. The SMILES string of the molecule is C#CN1CCOCC1. The van der Waals surface area contributed by atoms with E-state index in [0.717, 1.165) is 26.3 Å². The van der Waals surface area contributed by atoms with Crippen LogP contribution in [-0.4, -0.2) is 31.2 Å². The molecule has 0 aromatic carbocycles. The van der Waals surface area contributed by atoms with Crippen molar-refractivity contribution in [2.75, 3.05) is 26.3 Å². The Kier molecular flexibility index (Phi) is 1.76. The van der Waals surface area contributed by atoms with Gasteiger partial charge >= 0.3 is 0 Å². The Hall–Kier alpha value is -0.680. The van der Waals surface area contributed by atoms with E-state index >= 15 is 0 Å². The van der Waals surface area contributed by atoms with Crippen LogP contribution in [0.1, 0.15) is 0 Å². The monoisotopic (exact) mass is 111 g/mol. The molecular formula is C6H9NO. The number of hydrogen-bond acceptors (Lipinski definition) is 2. The number of hydrogen-bond donors (Lipinski definition) is 0. The Labute approximate surface area is 49.4 Å². The van der Waals surface area contributed by atoms with E-state index in [1.165, 1.54) is 0 Å². The maximum atomic E-state index is 5.12. The first-order chi connectivity index (χ1) is 3.93. The molecule has 2 heteroatoms. The summed E-state index contributed by atoms with van der Waals surface area (Å²) in [6.45, 7) is 3.33. The fraction of sp³-hybridized carbons (Fsp3) is 0.667. The Bertz CT molecular complexity index is 99.6. The number of nitrogens with zero attached hydrogens (tertiary/aromatic N) is 1. The highest BCUT2D eigenvalue weighted by atomic mass is 16.5. The third-order valence-corrected chi connectivity index (χ3v) is 1.19. The molecule has 0 spiro atoms. The van der Waals surface area contributed by atoms with Crippen LogP contribution in [0.2, 0.25) is 0 Å². The summed E-state index contributed by atoms with van der Waals surface area (Å²) in [6, 6.07) is 2.56. The first-order valence-electron chi connectivity index (χ1n) is 2.72. The van der Waals surface area contributed by atoms with Gasteiger partial charge in [-0.25, -0.2) is 0 Å². The van der Waals surface area contributed by atoms with Crippen molar-refractivity contribution in [1.29, 1.82) is 0 Å². The summed E-state index contributed by atoms with van der Waals surface area (Å²) in [5.41, 5.74) is 0. The number of morpholine rings is 1. The van der Waals surface area contributed by atoms with E-state index in [1.807, 2.05) is 4.90 Å². The molecule has 1 saturated heterocycles. The normalized spacial score (nSPS) is 20.1. The Morgan fingerprint density at radius 2 is 2.00 bits per heavy atom. The highest BCUT2D eigenvalue weighted by Gasteiger charge is 2.03. The molecule has 1 heterocycles. The van der Waals surface area contributed by atoms with Crippen LogP contribution in [-0.2, 0) is 4.74 Å². The summed E-state index contributed by atoms with van der Waals surface area (Å²) in [5.74, 6) is 0. The van der Waals surface area contributed by atoms with Gasteiger partial charge in [-0.2, -0.15) is 0 Å². The van der Waals surface area contributed by atoms with Gasteiger partial charge in [-0.15, -0.1) is 0 Å². The number of rotatable bonds is 0. The minimum atomic E-state index is 0.782. The lowest BCUT2D eigenvalue weighted by atomic mass is 10.5. The zero-order valence-electron chi connectivity index (χ0n) is 4.76. The van der Waals surface area contributed by atoms with Crippen LogP contribution in [0.15, 0.2) is 0 Å². The zero-order valence-corrected chi connectivity index (χ0v) is 4.76. The molecule has 0 amide bonds. The van der Waals surface area contributed by atoms with Gasteiger partial charge in [0.1, 0.15) is 0 Å². The van der Waals surface area contributed by atoms with Crippen LogP contribution in [0.3, 0.4) is 0 Å². The topological polar surface area (TPSA) is 12.5 Å². The number of terminal acetylenes is 1. The number of ether oxygens (including phenoxy) is 1. The minimum absolute atomic E-state index is 0.782. The lowest BCUT2D eigenvalue weighted by molar-refractivity contribution is 0.0638. The van der Waals surface area contributed by atoms with Gasteiger partial charge in [0, 0.05) is 19.1 Å². The largest absolute Gasteiger partial charge is 0.378 e. The molecular weight excluding hydrogens is 102 g/mol. The second-order valence-corrected chi connectivity index (χ2v) is 1.73. The lowest BCUT2D eigenvalue weighted by Crippen LogP contribution is -2.32. The molecule has 0 atom stereocenters. The van der Waals surface area contributed by atoms with E-state index in [0.29, 0.717) is 0 Å². The highest BCUT2D eigenvalue weighted by molar-refractivity contribution is 4.85. The fourth-order valence-corrected chi connectivity index (χ4v) is 0.692.